The van der Waals surface area contributed by atoms with E-state index < -0.39 is 30.7 Å². The summed E-state index contributed by atoms with van der Waals surface area (Å²) in [5, 5.41) is 10.3. The van der Waals surface area contributed by atoms with Crippen LogP contribution in [0.1, 0.15) is 17.5 Å². The molecule has 0 saturated carbocycles. The predicted octanol–water partition coefficient (Wildman–Crippen LogP) is 3.11. The van der Waals surface area contributed by atoms with Crippen LogP contribution in [0.5, 0.6) is 0 Å². The molecule has 1 aromatic heterocycles. The quantitative estimate of drug-likeness (QED) is 0.803. The Labute approximate surface area is 159 Å². The third kappa shape index (κ3) is 4.14. The van der Waals surface area contributed by atoms with E-state index in [0.717, 1.165) is 33.5 Å². The number of alkyl halides is 3. The number of carbonyl (C=O) groups is 1. The Balaban J connectivity index is 1.67. The van der Waals surface area contributed by atoms with E-state index >= 15 is 0 Å². The molecule has 1 unspecified atom stereocenters. The zero-order valence-corrected chi connectivity index (χ0v) is 15.8. The highest BCUT2D eigenvalue weighted by molar-refractivity contribution is 7.99. The van der Waals surface area contributed by atoms with Crippen LogP contribution in [-0.4, -0.2) is 56.1 Å². The number of carbonyl (C=O) groups excluding carboxylic acids is 1. The molecule has 1 amide bonds. The Kier molecular flexibility index (Phi) is 5.27. The summed E-state index contributed by atoms with van der Waals surface area (Å²) in [5.41, 5.74) is 0.279. The average Bonchev–Trinajstić information content (AvgIpc) is 3.18. The lowest BCUT2D eigenvalue weighted by Gasteiger charge is -2.25. The molecule has 0 bridgehead atoms. The van der Waals surface area contributed by atoms with Crippen molar-refractivity contribution in [2.75, 3.05) is 18.8 Å². The Morgan fingerprint density at radius 1 is 1.30 bits per heavy atom. The topological polar surface area (TPSA) is 58.4 Å². The maximum absolute atomic E-state index is 12.9. The van der Waals surface area contributed by atoms with Crippen LogP contribution in [0.15, 0.2) is 35.7 Å². The fourth-order valence-electron chi connectivity index (χ4n) is 3.14. The van der Waals surface area contributed by atoms with Gasteiger partial charge in [0.15, 0.2) is 10.8 Å². The zero-order valence-electron chi connectivity index (χ0n) is 15.0. The van der Waals surface area contributed by atoms with Gasteiger partial charge in [-0.05, 0) is 37.1 Å². The fourth-order valence-corrected chi connectivity index (χ4v) is 4.01. The van der Waals surface area contributed by atoms with Gasteiger partial charge in [0.2, 0.25) is 5.91 Å². The summed E-state index contributed by atoms with van der Waals surface area (Å²) in [6.07, 6.45) is -1.85. The molecule has 27 heavy (non-hydrogen) atoms. The van der Waals surface area contributed by atoms with Crippen LogP contribution >= 0.6 is 11.8 Å². The van der Waals surface area contributed by atoms with Gasteiger partial charge in [0, 0.05) is 31.0 Å². The molecule has 9 heteroatoms. The van der Waals surface area contributed by atoms with Crippen molar-refractivity contribution in [1.29, 1.82) is 0 Å². The molecule has 5 nitrogen and oxygen atoms in total. The summed E-state index contributed by atoms with van der Waals surface area (Å²) in [6, 6.07) is 6.03. The molecule has 1 aliphatic heterocycles. The van der Waals surface area contributed by atoms with Gasteiger partial charge >= 0.3 is 6.18 Å². The molecular weight excluding hydrogens is 379 g/mol. The van der Waals surface area contributed by atoms with Crippen molar-refractivity contribution in [3.05, 3.63) is 41.7 Å². The summed E-state index contributed by atoms with van der Waals surface area (Å²) < 4.78 is 40.5. The first-order valence-corrected chi connectivity index (χ1v) is 9.39. The second-order valence-electron chi connectivity index (χ2n) is 6.81. The highest BCUT2D eigenvalue weighted by Crippen LogP contribution is 2.37. The molecule has 1 N–H and O–H groups in total. The number of amides is 1. The Bertz CT molecular complexity index is 832. The van der Waals surface area contributed by atoms with Gasteiger partial charge in [0.25, 0.3) is 0 Å². The molecule has 1 aromatic carbocycles. The molecule has 0 aliphatic carbocycles. The van der Waals surface area contributed by atoms with Crippen LogP contribution in [0.3, 0.4) is 0 Å². The van der Waals surface area contributed by atoms with Gasteiger partial charge in [0.05, 0.1) is 12.3 Å². The number of imidazole rings is 1. The van der Waals surface area contributed by atoms with Crippen LogP contribution in [-0.2, 0) is 4.79 Å². The Morgan fingerprint density at radius 2 is 1.96 bits per heavy atom. The van der Waals surface area contributed by atoms with E-state index in [9.17, 15) is 23.1 Å². The average molecular weight is 399 g/mol. The third-order valence-corrected chi connectivity index (χ3v) is 5.50. The van der Waals surface area contributed by atoms with Crippen molar-refractivity contribution >= 4 is 17.7 Å². The van der Waals surface area contributed by atoms with Crippen molar-refractivity contribution < 1.29 is 23.1 Å². The lowest BCUT2D eigenvalue weighted by Crippen LogP contribution is -2.48. The van der Waals surface area contributed by atoms with Crippen LogP contribution in [0.25, 0.3) is 5.69 Å². The summed E-state index contributed by atoms with van der Waals surface area (Å²) >= 11 is 1.16. The number of likely N-dealkylation sites (tertiary alicyclic amines) is 1. The minimum Gasteiger partial charge on any atom is -0.379 e. The monoisotopic (exact) mass is 399 g/mol. The predicted molar refractivity (Wildman–Crippen MR) is 96.0 cm³/mol. The lowest BCUT2D eigenvalue weighted by atomic mass is 10.0. The van der Waals surface area contributed by atoms with Gasteiger partial charge in [0.1, 0.15) is 0 Å². The van der Waals surface area contributed by atoms with Gasteiger partial charge in [-0.25, -0.2) is 4.98 Å². The van der Waals surface area contributed by atoms with Crippen LogP contribution in [0, 0.1) is 13.8 Å². The molecule has 2 aromatic rings. The molecule has 0 spiro atoms. The fraction of sp³-hybridized carbons (Fsp3) is 0.444. The highest BCUT2D eigenvalue weighted by Gasteiger charge is 2.57. The number of nitrogens with zero attached hydrogens (tertiary/aromatic N) is 3. The summed E-state index contributed by atoms with van der Waals surface area (Å²) in [4.78, 5) is 17.6. The molecule has 0 radical (unpaired) electrons. The van der Waals surface area contributed by atoms with Crippen molar-refractivity contribution in [1.82, 2.24) is 14.5 Å². The Morgan fingerprint density at radius 3 is 2.56 bits per heavy atom. The SMILES string of the molecule is Cc1cc(C)cc(-n2ccnc2SCC(=O)N2CCC(O)(C(F)(F)F)C2)c1. The molecule has 1 saturated heterocycles. The van der Waals surface area contributed by atoms with Crippen molar-refractivity contribution in [2.24, 2.45) is 0 Å². The normalized spacial score (nSPS) is 20.3. The maximum atomic E-state index is 12.9. The minimum absolute atomic E-state index is 0.0459. The van der Waals surface area contributed by atoms with E-state index in [2.05, 4.69) is 4.98 Å². The molecular formula is C18H20F3N3O2S. The molecule has 146 valence electrons. The number of hydrogen-bond donors (Lipinski definition) is 1. The first kappa shape index (κ1) is 19.8. The molecule has 3 rings (SSSR count). The first-order valence-electron chi connectivity index (χ1n) is 8.41. The largest absolute Gasteiger partial charge is 0.419 e. The lowest BCUT2D eigenvalue weighted by molar-refractivity contribution is -0.253. The van der Waals surface area contributed by atoms with E-state index in [1.807, 2.05) is 36.6 Å². The number of aromatic nitrogens is 2. The van der Waals surface area contributed by atoms with Gasteiger partial charge in [-0.2, -0.15) is 13.2 Å². The van der Waals surface area contributed by atoms with Crippen molar-refractivity contribution in [3.63, 3.8) is 0 Å². The van der Waals surface area contributed by atoms with Gasteiger partial charge in [-0.15, -0.1) is 0 Å². The molecule has 1 fully saturated rings. The summed E-state index contributed by atoms with van der Waals surface area (Å²) in [7, 11) is 0. The van der Waals surface area contributed by atoms with E-state index in [1.54, 1.807) is 12.4 Å². The van der Waals surface area contributed by atoms with Crippen molar-refractivity contribution in [2.45, 2.75) is 37.2 Å². The number of thioether (sulfide) groups is 1. The van der Waals surface area contributed by atoms with Crippen LogP contribution in [0.4, 0.5) is 13.2 Å². The summed E-state index contributed by atoms with van der Waals surface area (Å²) in [5.74, 6) is -0.495. The number of halogens is 3. The molecule has 1 atom stereocenters. The standard InChI is InChI=1S/C18H20F3N3O2S/c1-12-7-13(2)9-14(8-12)24-6-4-22-16(24)27-10-15(25)23-5-3-17(26,11-23)18(19,20)21/h4,6-9,26H,3,5,10-11H2,1-2H3. The smallest absolute Gasteiger partial charge is 0.379 e. The number of aryl methyl sites for hydroxylation is 2. The zero-order chi connectivity index (χ0) is 19.8. The molecule has 1 aliphatic rings. The van der Waals surface area contributed by atoms with Gasteiger partial charge in [-0.1, -0.05) is 17.8 Å². The van der Waals surface area contributed by atoms with Gasteiger partial charge in [-0.3, -0.25) is 9.36 Å². The van der Waals surface area contributed by atoms with Gasteiger partial charge < -0.3 is 10.0 Å². The number of β-amino-alcohol motifs (C(OH)–C–C–N with tert-alkyl or cyclic N) is 1. The second kappa shape index (κ2) is 7.20. The Hall–Kier alpha value is -2.00. The van der Waals surface area contributed by atoms with E-state index in [1.165, 1.54) is 0 Å². The number of rotatable bonds is 4. The minimum atomic E-state index is -4.74. The van der Waals surface area contributed by atoms with E-state index in [4.69, 9.17) is 0 Å². The number of aliphatic hydroxyl groups is 1. The van der Waals surface area contributed by atoms with E-state index in [-0.39, 0.29) is 12.3 Å². The second-order valence-corrected chi connectivity index (χ2v) is 7.75. The van der Waals surface area contributed by atoms with Crippen LogP contribution < -0.4 is 0 Å². The van der Waals surface area contributed by atoms with E-state index in [0.29, 0.717) is 5.16 Å². The maximum Gasteiger partial charge on any atom is 0.419 e. The first-order chi connectivity index (χ1) is 12.6. The molecule has 2 heterocycles. The third-order valence-electron chi connectivity index (χ3n) is 4.54. The van der Waals surface area contributed by atoms with Crippen LogP contribution in [0.2, 0.25) is 0 Å². The summed E-state index contributed by atoms with van der Waals surface area (Å²) in [6.45, 7) is 3.14. The van der Waals surface area contributed by atoms with Crippen molar-refractivity contribution in [3.8, 4) is 5.69 Å². The number of hydrogen-bond acceptors (Lipinski definition) is 4. The highest BCUT2D eigenvalue weighted by atomic mass is 32.2. The number of benzene rings is 1.